The number of cyclic esters (lactones) is 2. The Kier molecular flexibility index (Phi) is 4.04. The van der Waals surface area contributed by atoms with Crippen molar-refractivity contribution in [3.05, 3.63) is 23.3 Å². The third kappa shape index (κ3) is 2.46. The fourth-order valence-electron chi connectivity index (χ4n) is 5.70. The van der Waals surface area contributed by atoms with E-state index in [4.69, 9.17) is 9.47 Å². The highest BCUT2D eigenvalue weighted by Gasteiger charge is 2.61. The van der Waals surface area contributed by atoms with Gasteiger partial charge in [0.05, 0.1) is 6.10 Å². The average molecular weight is 362 g/mol. The molecule has 26 heavy (non-hydrogen) atoms. The topological polar surface area (TPSA) is 93.1 Å². The monoisotopic (exact) mass is 362 g/mol. The molecule has 6 nitrogen and oxygen atoms in total. The zero-order valence-corrected chi connectivity index (χ0v) is 15.2. The fraction of sp³-hybridized carbons (Fsp3) is 0.700. The second kappa shape index (κ2) is 5.92. The van der Waals surface area contributed by atoms with E-state index in [9.17, 15) is 19.8 Å². The lowest BCUT2D eigenvalue weighted by molar-refractivity contribution is -0.151. The van der Waals surface area contributed by atoms with Crippen molar-refractivity contribution >= 4 is 11.9 Å². The van der Waals surface area contributed by atoms with Gasteiger partial charge in [0.2, 0.25) is 6.29 Å². The summed E-state index contributed by atoms with van der Waals surface area (Å²) in [5.41, 5.74) is 0.689. The van der Waals surface area contributed by atoms with Crippen LogP contribution in [0.3, 0.4) is 0 Å². The van der Waals surface area contributed by atoms with Gasteiger partial charge < -0.3 is 19.7 Å². The predicted octanol–water partition coefficient (Wildman–Crippen LogP) is 1.85. The number of hydrogen-bond donors (Lipinski definition) is 2. The Labute approximate surface area is 152 Å². The molecule has 0 aromatic carbocycles. The van der Waals surface area contributed by atoms with Crippen LogP contribution < -0.4 is 0 Å². The predicted molar refractivity (Wildman–Crippen MR) is 91.5 cm³/mol. The van der Waals surface area contributed by atoms with Crippen LogP contribution in [0.5, 0.6) is 0 Å². The van der Waals surface area contributed by atoms with Gasteiger partial charge in [-0.3, -0.25) is 0 Å². The van der Waals surface area contributed by atoms with E-state index in [0.717, 1.165) is 19.3 Å². The van der Waals surface area contributed by atoms with Crippen molar-refractivity contribution in [2.75, 3.05) is 6.61 Å². The molecule has 2 fully saturated rings. The summed E-state index contributed by atoms with van der Waals surface area (Å²) in [5, 5.41) is 19.9. The summed E-state index contributed by atoms with van der Waals surface area (Å²) in [7, 11) is 0. The molecule has 0 unspecified atom stereocenters. The van der Waals surface area contributed by atoms with E-state index in [1.54, 1.807) is 6.08 Å². The molecule has 4 rings (SSSR count). The summed E-state index contributed by atoms with van der Waals surface area (Å²) in [4.78, 5) is 24.1. The first-order valence-electron chi connectivity index (χ1n) is 9.43. The van der Waals surface area contributed by atoms with Crippen molar-refractivity contribution in [3.63, 3.8) is 0 Å². The van der Waals surface area contributed by atoms with E-state index in [1.807, 2.05) is 0 Å². The van der Waals surface area contributed by atoms with Crippen LogP contribution in [0.4, 0.5) is 0 Å². The summed E-state index contributed by atoms with van der Waals surface area (Å²) in [5.74, 6) is -0.245. The zero-order chi connectivity index (χ0) is 18.7. The van der Waals surface area contributed by atoms with Crippen LogP contribution >= 0.6 is 0 Å². The van der Waals surface area contributed by atoms with E-state index >= 15 is 0 Å². The smallest absolute Gasteiger partial charge is 0.336 e. The van der Waals surface area contributed by atoms with Gasteiger partial charge in [-0.2, -0.15) is 0 Å². The molecule has 2 aliphatic carbocycles. The number of carbonyl (C=O) groups excluding carboxylic acids is 2. The van der Waals surface area contributed by atoms with Gasteiger partial charge in [0.15, 0.2) is 0 Å². The van der Waals surface area contributed by atoms with Crippen LogP contribution in [0.15, 0.2) is 23.3 Å². The second-order valence-corrected chi connectivity index (χ2v) is 8.60. The highest BCUT2D eigenvalue weighted by molar-refractivity contribution is 5.93. The van der Waals surface area contributed by atoms with Gasteiger partial charge in [0.25, 0.3) is 0 Å². The molecular formula is C20H26O6. The first-order valence-corrected chi connectivity index (χ1v) is 9.43. The molecule has 0 bridgehead atoms. The van der Waals surface area contributed by atoms with Crippen LogP contribution in [-0.2, 0) is 19.1 Å². The van der Waals surface area contributed by atoms with Gasteiger partial charge in [-0.05, 0) is 61.5 Å². The Morgan fingerprint density at radius 3 is 2.69 bits per heavy atom. The van der Waals surface area contributed by atoms with E-state index < -0.39 is 18.4 Å². The molecule has 1 spiro atoms. The molecule has 4 aliphatic rings. The van der Waals surface area contributed by atoms with Gasteiger partial charge in [-0.25, -0.2) is 9.59 Å². The molecule has 2 heterocycles. The molecule has 142 valence electrons. The Morgan fingerprint density at radius 2 is 2.00 bits per heavy atom. The largest absolute Gasteiger partial charge is 0.461 e. The molecular weight excluding hydrogens is 336 g/mol. The lowest BCUT2D eigenvalue weighted by Gasteiger charge is -2.57. The third-order valence-corrected chi connectivity index (χ3v) is 7.43. The standard InChI is InChI=1S/C20H26O6/c1-11-3-6-20-10-25-18(24)14(20)8-13(21)9-15(20)19(11,2)5-4-12-7-16(22)26-17(12)23/h7-8,11,13,15-16,21-22H,3-6,9-10H2,1-2H3/t11-,13-,15+,16+,19-,20-/m0/s1. The van der Waals surface area contributed by atoms with Gasteiger partial charge in [-0.1, -0.05) is 13.8 Å². The number of carbonyl (C=O) groups is 2. The molecule has 6 atom stereocenters. The Balaban J connectivity index is 1.64. The van der Waals surface area contributed by atoms with Crippen LogP contribution in [0, 0.1) is 22.7 Å². The van der Waals surface area contributed by atoms with Crippen LogP contribution in [0.25, 0.3) is 0 Å². The molecule has 0 radical (unpaired) electrons. The number of ether oxygens (including phenoxy) is 2. The van der Waals surface area contributed by atoms with Crippen LogP contribution in [0.2, 0.25) is 0 Å². The molecule has 2 N–H and O–H groups in total. The molecule has 6 heteroatoms. The van der Waals surface area contributed by atoms with Crippen molar-refractivity contribution in [1.82, 2.24) is 0 Å². The maximum absolute atomic E-state index is 12.2. The van der Waals surface area contributed by atoms with Gasteiger partial charge >= 0.3 is 11.9 Å². The highest BCUT2D eigenvalue weighted by Crippen LogP contribution is 2.64. The third-order valence-electron chi connectivity index (χ3n) is 7.43. The summed E-state index contributed by atoms with van der Waals surface area (Å²) < 4.78 is 10.2. The van der Waals surface area contributed by atoms with E-state index in [0.29, 0.717) is 36.5 Å². The minimum absolute atomic E-state index is 0.114. The maximum Gasteiger partial charge on any atom is 0.336 e. The molecule has 0 aromatic heterocycles. The molecule has 1 saturated carbocycles. The lowest BCUT2D eigenvalue weighted by atomic mass is 9.46. The average Bonchev–Trinajstić information content (AvgIpc) is 3.09. The number of rotatable bonds is 3. The molecule has 1 saturated heterocycles. The van der Waals surface area contributed by atoms with E-state index in [-0.39, 0.29) is 22.7 Å². The van der Waals surface area contributed by atoms with Crippen molar-refractivity contribution in [1.29, 1.82) is 0 Å². The number of aliphatic hydroxyl groups is 2. The van der Waals surface area contributed by atoms with E-state index in [1.165, 1.54) is 6.08 Å². The van der Waals surface area contributed by atoms with Crippen LogP contribution in [-0.4, -0.2) is 41.2 Å². The Bertz CT molecular complexity index is 709. The highest BCUT2D eigenvalue weighted by atomic mass is 16.6. The van der Waals surface area contributed by atoms with Crippen molar-refractivity contribution in [2.45, 2.75) is 58.3 Å². The minimum atomic E-state index is -1.15. The summed E-state index contributed by atoms with van der Waals surface area (Å²) >= 11 is 0. The molecule has 0 aromatic rings. The lowest BCUT2D eigenvalue weighted by Crippen LogP contribution is -2.53. The minimum Gasteiger partial charge on any atom is -0.461 e. The quantitative estimate of drug-likeness (QED) is 0.745. The van der Waals surface area contributed by atoms with Gasteiger partial charge in [-0.15, -0.1) is 0 Å². The summed E-state index contributed by atoms with van der Waals surface area (Å²) in [6.07, 6.45) is 5.10. The SMILES string of the molecule is C[C@H]1CC[C@]23COC(=O)C2=C[C@H](O)C[C@@H]3[C@@]1(C)CCC1=C[C@H](O)OC1=O. The van der Waals surface area contributed by atoms with Crippen molar-refractivity contribution < 1.29 is 29.3 Å². The summed E-state index contributed by atoms with van der Waals surface area (Å²) in [6.45, 7) is 4.81. The van der Waals surface area contributed by atoms with Crippen LogP contribution in [0.1, 0.15) is 46.0 Å². The van der Waals surface area contributed by atoms with Crippen molar-refractivity contribution in [2.24, 2.45) is 22.7 Å². The number of aliphatic hydroxyl groups excluding tert-OH is 2. The second-order valence-electron chi connectivity index (χ2n) is 8.60. The Morgan fingerprint density at radius 1 is 1.23 bits per heavy atom. The van der Waals surface area contributed by atoms with E-state index in [2.05, 4.69) is 13.8 Å². The Hall–Kier alpha value is -1.66. The number of esters is 2. The first kappa shape index (κ1) is 17.7. The van der Waals surface area contributed by atoms with Crippen molar-refractivity contribution in [3.8, 4) is 0 Å². The zero-order valence-electron chi connectivity index (χ0n) is 15.2. The van der Waals surface area contributed by atoms with Gasteiger partial charge in [0.1, 0.15) is 6.61 Å². The molecule has 2 aliphatic heterocycles. The maximum atomic E-state index is 12.2. The molecule has 0 amide bonds. The fourth-order valence-corrected chi connectivity index (χ4v) is 5.70. The summed E-state index contributed by atoms with van der Waals surface area (Å²) in [6, 6.07) is 0. The van der Waals surface area contributed by atoms with Gasteiger partial charge in [0, 0.05) is 16.6 Å². The first-order chi connectivity index (χ1) is 12.3. The normalized spacial score (nSPS) is 44.6. The number of hydrogen-bond acceptors (Lipinski definition) is 6.